The number of hydrogen-bond donors (Lipinski definition) is 0. The van der Waals surface area contributed by atoms with Gasteiger partial charge in [0.2, 0.25) is 0 Å². The second-order valence-electron chi connectivity index (χ2n) is 6.96. The maximum Gasteiger partial charge on any atom is 0.144 e. The summed E-state index contributed by atoms with van der Waals surface area (Å²) in [5, 5.41) is 2.29. The summed E-state index contributed by atoms with van der Waals surface area (Å²) in [6.07, 6.45) is 1.89. The summed E-state index contributed by atoms with van der Waals surface area (Å²) in [5.41, 5.74) is 5.20. The first kappa shape index (κ1) is 14.0. The van der Waals surface area contributed by atoms with Gasteiger partial charge in [0.1, 0.15) is 11.2 Å². The van der Waals surface area contributed by atoms with Gasteiger partial charge in [-0.25, -0.2) is 0 Å². The molecule has 23 heavy (non-hydrogen) atoms. The fourth-order valence-electron chi connectivity index (χ4n) is 2.99. The Bertz CT molecular complexity index is 1010. The summed E-state index contributed by atoms with van der Waals surface area (Å²) in [7, 11) is 0. The Morgan fingerprint density at radius 2 is 1.65 bits per heavy atom. The van der Waals surface area contributed by atoms with Crippen LogP contribution in [0.3, 0.4) is 0 Å². The van der Waals surface area contributed by atoms with E-state index in [2.05, 4.69) is 62.2 Å². The Morgan fingerprint density at radius 3 is 2.48 bits per heavy atom. The zero-order chi connectivity index (χ0) is 16.0. The lowest BCUT2D eigenvalue weighted by molar-refractivity contribution is 0.589. The number of rotatable bonds is 1. The van der Waals surface area contributed by atoms with Crippen LogP contribution in [0.15, 0.2) is 65.2 Å². The van der Waals surface area contributed by atoms with Gasteiger partial charge in [-0.15, -0.1) is 0 Å². The Labute approximate surface area is 135 Å². The summed E-state index contributed by atoms with van der Waals surface area (Å²) in [6.45, 7) is 6.65. The van der Waals surface area contributed by atoms with Crippen molar-refractivity contribution in [3.05, 3.63) is 66.4 Å². The van der Waals surface area contributed by atoms with Gasteiger partial charge in [-0.1, -0.05) is 51.1 Å². The van der Waals surface area contributed by atoms with Crippen molar-refractivity contribution in [2.75, 3.05) is 0 Å². The first-order valence-electron chi connectivity index (χ1n) is 7.91. The first-order chi connectivity index (χ1) is 11.0. The molecule has 0 amide bonds. The molecule has 0 spiro atoms. The van der Waals surface area contributed by atoms with Gasteiger partial charge in [0, 0.05) is 22.5 Å². The minimum absolute atomic E-state index is 0.0967. The molecule has 0 bridgehead atoms. The summed E-state index contributed by atoms with van der Waals surface area (Å²) in [4.78, 5) is 4.58. The number of nitrogens with zero attached hydrogens (tertiary/aromatic N) is 1. The molecule has 0 N–H and O–H groups in total. The van der Waals surface area contributed by atoms with Crippen LogP contribution < -0.4 is 0 Å². The lowest BCUT2D eigenvalue weighted by Crippen LogP contribution is -2.11. The topological polar surface area (TPSA) is 26.0 Å². The first-order valence-corrected chi connectivity index (χ1v) is 7.91. The number of hydrogen-bond acceptors (Lipinski definition) is 2. The predicted molar refractivity (Wildman–Crippen MR) is 95.7 cm³/mol. The van der Waals surface area contributed by atoms with Crippen molar-refractivity contribution >= 4 is 21.9 Å². The summed E-state index contributed by atoms with van der Waals surface area (Å²) >= 11 is 0. The molecule has 4 rings (SSSR count). The van der Waals surface area contributed by atoms with Gasteiger partial charge in [-0.05, 0) is 35.2 Å². The molecule has 0 saturated carbocycles. The second kappa shape index (κ2) is 4.95. The van der Waals surface area contributed by atoms with E-state index in [1.807, 2.05) is 24.4 Å². The fraction of sp³-hybridized carbons (Fsp3) is 0.190. The van der Waals surface area contributed by atoms with E-state index < -0.39 is 0 Å². The molecule has 0 aliphatic heterocycles. The Hall–Kier alpha value is -2.61. The average molecular weight is 301 g/mol. The highest BCUT2D eigenvalue weighted by Gasteiger charge is 2.17. The van der Waals surface area contributed by atoms with Gasteiger partial charge < -0.3 is 4.42 Å². The van der Waals surface area contributed by atoms with Crippen LogP contribution in [0.5, 0.6) is 0 Å². The van der Waals surface area contributed by atoms with Crippen LogP contribution in [0.4, 0.5) is 0 Å². The molecule has 114 valence electrons. The van der Waals surface area contributed by atoms with Crippen molar-refractivity contribution in [1.82, 2.24) is 4.98 Å². The maximum atomic E-state index is 6.12. The molecular formula is C21H19NO. The zero-order valence-corrected chi connectivity index (χ0v) is 13.6. The highest BCUT2D eigenvalue weighted by atomic mass is 16.3. The molecule has 4 aromatic rings. The van der Waals surface area contributed by atoms with Crippen molar-refractivity contribution in [3.8, 4) is 11.3 Å². The van der Waals surface area contributed by atoms with E-state index in [1.165, 1.54) is 5.56 Å². The van der Waals surface area contributed by atoms with Crippen LogP contribution in [0.2, 0.25) is 0 Å². The summed E-state index contributed by atoms with van der Waals surface area (Å²) in [6, 6.07) is 18.7. The molecule has 2 aromatic heterocycles. The van der Waals surface area contributed by atoms with E-state index >= 15 is 0 Å². The highest BCUT2D eigenvalue weighted by molar-refractivity contribution is 6.09. The van der Waals surface area contributed by atoms with Gasteiger partial charge in [0.15, 0.2) is 0 Å². The third-order valence-corrected chi connectivity index (χ3v) is 4.31. The number of pyridine rings is 1. The van der Waals surface area contributed by atoms with Crippen molar-refractivity contribution < 1.29 is 4.42 Å². The minimum atomic E-state index is 0.0967. The molecule has 0 atom stereocenters. The van der Waals surface area contributed by atoms with Gasteiger partial charge in [-0.2, -0.15) is 0 Å². The molecule has 0 radical (unpaired) electrons. The molecule has 2 heteroatoms. The number of benzene rings is 2. The van der Waals surface area contributed by atoms with Gasteiger partial charge in [0.05, 0.1) is 5.69 Å². The van der Waals surface area contributed by atoms with E-state index in [0.29, 0.717) is 0 Å². The minimum Gasteiger partial charge on any atom is -0.455 e. The Balaban J connectivity index is 1.99. The standard InChI is InChI=1S/C21H19NO/c1-21(2,3)14-11-12-22-18(13-14)17-9-6-8-16-15-7-4-5-10-19(15)23-20(16)17/h4-13H,1-3H3. The van der Waals surface area contributed by atoms with E-state index in [-0.39, 0.29) is 5.41 Å². The van der Waals surface area contributed by atoms with E-state index in [4.69, 9.17) is 4.42 Å². The SMILES string of the molecule is CC(C)(C)c1ccnc(-c2cccc3c2oc2ccccc23)c1. The smallest absolute Gasteiger partial charge is 0.144 e. The van der Waals surface area contributed by atoms with Crippen molar-refractivity contribution in [3.63, 3.8) is 0 Å². The number of para-hydroxylation sites is 2. The quantitative estimate of drug-likeness (QED) is 0.434. The van der Waals surface area contributed by atoms with Crippen LogP contribution >= 0.6 is 0 Å². The van der Waals surface area contributed by atoms with E-state index in [1.54, 1.807) is 0 Å². The third-order valence-electron chi connectivity index (χ3n) is 4.31. The third kappa shape index (κ3) is 2.31. The van der Waals surface area contributed by atoms with Crippen molar-refractivity contribution in [2.45, 2.75) is 26.2 Å². The molecular weight excluding hydrogens is 282 g/mol. The summed E-state index contributed by atoms with van der Waals surface area (Å²) in [5.74, 6) is 0. The molecule has 2 aromatic carbocycles. The monoisotopic (exact) mass is 301 g/mol. The number of furan rings is 1. The van der Waals surface area contributed by atoms with Crippen LogP contribution in [0.25, 0.3) is 33.2 Å². The van der Waals surface area contributed by atoms with Crippen molar-refractivity contribution in [1.29, 1.82) is 0 Å². The van der Waals surface area contributed by atoms with Crippen LogP contribution in [-0.4, -0.2) is 4.98 Å². The van der Waals surface area contributed by atoms with E-state index in [0.717, 1.165) is 33.2 Å². The van der Waals surface area contributed by atoms with Crippen LogP contribution in [-0.2, 0) is 5.41 Å². The van der Waals surface area contributed by atoms with Gasteiger partial charge >= 0.3 is 0 Å². The van der Waals surface area contributed by atoms with Gasteiger partial charge in [0.25, 0.3) is 0 Å². The summed E-state index contributed by atoms with van der Waals surface area (Å²) < 4.78 is 6.12. The lowest BCUT2D eigenvalue weighted by Gasteiger charge is -2.19. The van der Waals surface area contributed by atoms with Gasteiger partial charge in [-0.3, -0.25) is 4.98 Å². The largest absolute Gasteiger partial charge is 0.455 e. The molecule has 2 heterocycles. The average Bonchev–Trinajstić information content (AvgIpc) is 2.93. The predicted octanol–water partition coefficient (Wildman–Crippen LogP) is 5.95. The number of fused-ring (bicyclic) bond motifs is 3. The molecule has 0 aliphatic rings. The molecule has 0 unspecified atom stereocenters. The zero-order valence-electron chi connectivity index (χ0n) is 13.6. The Morgan fingerprint density at radius 1 is 0.870 bits per heavy atom. The fourth-order valence-corrected chi connectivity index (χ4v) is 2.99. The van der Waals surface area contributed by atoms with Crippen LogP contribution in [0.1, 0.15) is 26.3 Å². The normalized spacial score (nSPS) is 12.1. The second-order valence-corrected chi connectivity index (χ2v) is 6.96. The molecule has 0 fully saturated rings. The van der Waals surface area contributed by atoms with E-state index in [9.17, 15) is 0 Å². The highest BCUT2D eigenvalue weighted by Crippen LogP contribution is 2.35. The lowest BCUT2D eigenvalue weighted by atomic mass is 9.87. The molecule has 0 saturated heterocycles. The Kier molecular flexibility index (Phi) is 3.02. The van der Waals surface area contributed by atoms with Crippen molar-refractivity contribution in [2.24, 2.45) is 0 Å². The maximum absolute atomic E-state index is 6.12. The molecule has 2 nitrogen and oxygen atoms in total. The molecule has 0 aliphatic carbocycles. The van der Waals surface area contributed by atoms with Crippen LogP contribution in [0, 0.1) is 0 Å². The number of aromatic nitrogens is 1.